The zero-order valence-corrected chi connectivity index (χ0v) is 16.7. The maximum atomic E-state index is 13.1. The normalized spacial score (nSPS) is 12.1. The van der Waals surface area contributed by atoms with Crippen molar-refractivity contribution in [1.82, 2.24) is 20.4 Å². The fourth-order valence-corrected chi connectivity index (χ4v) is 4.41. The molecule has 0 aliphatic rings. The van der Waals surface area contributed by atoms with Gasteiger partial charge in [0.15, 0.2) is 4.34 Å². The summed E-state index contributed by atoms with van der Waals surface area (Å²) >= 11 is 2.95. The van der Waals surface area contributed by atoms with Crippen LogP contribution in [0.1, 0.15) is 23.6 Å². The van der Waals surface area contributed by atoms with E-state index in [0.717, 1.165) is 15.2 Å². The Labute approximate surface area is 169 Å². The van der Waals surface area contributed by atoms with Gasteiger partial charge < -0.3 is 9.73 Å². The van der Waals surface area contributed by atoms with E-state index in [0.29, 0.717) is 17.3 Å². The highest BCUT2D eigenvalue weighted by atomic mass is 32.2. The Kier molecular flexibility index (Phi) is 5.36. The molecule has 2 aromatic heterocycles. The Balaban J connectivity index is 1.42. The van der Waals surface area contributed by atoms with Gasteiger partial charge in [0.1, 0.15) is 5.82 Å². The molecule has 4 aromatic rings. The quantitative estimate of drug-likeness (QED) is 0.410. The number of hydrogen-bond acceptors (Lipinski definition) is 8. The molecule has 4 rings (SSSR count). The molecule has 2 aromatic carbocycles. The maximum absolute atomic E-state index is 13.1. The third-order valence-electron chi connectivity index (χ3n) is 3.83. The Morgan fingerprint density at radius 2 is 1.89 bits per heavy atom. The van der Waals surface area contributed by atoms with Gasteiger partial charge in [-0.05, 0) is 55.8 Å². The lowest BCUT2D eigenvalue weighted by Gasteiger charge is -2.03. The van der Waals surface area contributed by atoms with Crippen molar-refractivity contribution >= 4 is 33.9 Å². The number of benzene rings is 2. The van der Waals surface area contributed by atoms with Crippen molar-refractivity contribution in [3.63, 3.8) is 0 Å². The van der Waals surface area contributed by atoms with Crippen molar-refractivity contribution in [3.05, 3.63) is 65.8 Å². The fourth-order valence-electron chi connectivity index (χ4n) is 2.46. The van der Waals surface area contributed by atoms with E-state index >= 15 is 0 Å². The van der Waals surface area contributed by atoms with E-state index in [1.165, 1.54) is 40.8 Å². The van der Waals surface area contributed by atoms with Crippen LogP contribution in [0.2, 0.25) is 0 Å². The van der Waals surface area contributed by atoms with Crippen molar-refractivity contribution in [2.24, 2.45) is 0 Å². The Bertz CT molecular complexity index is 1080. The molecule has 1 N–H and O–H groups in total. The number of nitrogens with zero attached hydrogens (tertiary/aromatic N) is 4. The molecule has 0 saturated heterocycles. The molecule has 1 atom stereocenters. The van der Waals surface area contributed by atoms with E-state index in [1.807, 2.05) is 38.1 Å². The summed E-state index contributed by atoms with van der Waals surface area (Å²) in [5.41, 5.74) is 2.82. The first-order chi connectivity index (χ1) is 13.6. The van der Waals surface area contributed by atoms with Gasteiger partial charge in [-0.1, -0.05) is 35.2 Å². The zero-order chi connectivity index (χ0) is 19.5. The van der Waals surface area contributed by atoms with Crippen LogP contribution in [0.15, 0.2) is 57.3 Å². The minimum Gasteiger partial charge on any atom is -0.419 e. The second-order valence-electron chi connectivity index (χ2n) is 6.08. The number of thioether (sulfide) groups is 1. The number of aromatic nitrogens is 4. The SMILES string of the molecule is Cc1cccc(Nc2nnc(S[C@@H](C)c3nnc(-c4ccc(F)cc4)o3)s2)c1. The predicted molar refractivity (Wildman–Crippen MR) is 108 cm³/mol. The molecule has 6 nitrogen and oxygen atoms in total. The molecule has 28 heavy (non-hydrogen) atoms. The molecule has 0 aliphatic carbocycles. The zero-order valence-electron chi connectivity index (χ0n) is 15.1. The lowest BCUT2D eigenvalue weighted by molar-refractivity contribution is 0.509. The van der Waals surface area contributed by atoms with Crippen molar-refractivity contribution in [2.45, 2.75) is 23.4 Å². The summed E-state index contributed by atoms with van der Waals surface area (Å²) in [5.74, 6) is 0.535. The van der Waals surface area contributed by atoms with E-state index < -0.39 is 0 Å². The molecule has 9 heteroatoms. The number of aryl methyl sites for hydroxylation is 1. The van der Waals surface area contributed by atoms with E-state index in [9.17, 15) is 4.39 Å². The summed E-state index contributed by atoms with van der Waals surface area (Å²) in [6.07, 6.45) is 0. The van der Waals surface area contributed by atoms with Crippen molar-refractivity contribution in [2.75, 3.05) is 5.32 Å². The summed E-state index contributed by atoms with van der Waals surface area (Å²) in [5, 5.41) is 20.4. The fraction of sp³-hybridized carbons (Fsp3) is 0.158. The van der Waals surface area contributed by atoms with Gasteiger partial charge in [-0.15, -0.1) is 20.4 Å². The summed E-state index contributed by atoms with van der Waals surface area (Å²) in [4.78, 5) is 0. The average Bonchev–Trinajstić information content (AvgIpc) is 3.32. The largest absolute Gasteiger partial charge is 0.419 e. The number of anilines is 2. The lowest BCUT2D eigenvalue weighted by atomic mass is 10.2. The Morgan fingerprint density at radius 3 is 2.68 bits per heavy atom. The molecule has 0 bridgehead atoms. The van der Waals surface area contributed by atoms with Crippen LogP contribution in [0.4, 0.5) is 15.2 Å². The third kappa shape index (κ3) is 4.37. The van der Waals surface area contributed by atoms with Gasteiger partial charge in [-0.3, -0.25) is 0 Å². The maximum Gasteiger partial charge on any atom is 0.247 e. The first kappa shape index (κ1) is 18.6. The van der Waals surface area contributed by atoms with Gasteiger partial charge in [-0.2, -0.15) is 0 Å². The minimum absolute atomic E-state index is 0.0959. The molecule has 142 valence electrons. The topological polar surface area (TPSA) is 76.7 Å². The smallest absolute Gasteiger partial charge is 0.247 e. The van der Waals surface area contributed by atoms with Crippen LogP contribution < -0.4 is 5.32 Å². The second-order valence-corrected chi connectivity index (χ2v) is 8.65. The van der Waals surface area contributed by atoms with Crippen molar-refractivity contribution < 1.29 is 8.81 Å². The number of hydrogen-bond donors (Lipinski definition) is 1. The van der Waals surface area contributed by atoms with E-state index in [2.05, 4.69) is 25.7 Å². The monoisotopic (exact) mass is 413 g/mol. The second kappa shape index (κ2) is 8.07. The highest BCUT2D eigenvalue weighted by molar-refractivity contribution is 8.01. The Morgan fingerprint density at radius 1 is 1.07 bits per heavy atom. The molecular weight excluding hydrogens is 397 g/mol. The molecule has 0 radical (unpaired) electrons. The molecule has 0 aliphatic heterocycles. The van der Waals surface area contributed by atoms with Crippen LogP contribution in [0.5, 0.6) is 0 Å². The van der Waals surface area contributed by atoms with Crippen LogP contribution in [0.3, 0.4) is 0 Å². The molecule has 0 saturated carbocycles. The van der Waals surface area contributed by atoms with Gasteiger partial charge in [0.25, 0.3) is 0 Å². The van der Waals surface area contributed by atoms with Crippen LogP contribution in [-0.4, -0.2) is 20.4 Å². The van der Waals surface area contributed by atoms with Gasteiger partial charge >= 0.3 is 0 Å². The molecule has 0 unspecified atom stereocenters. The number of rotatable bonds is 6. The summed E-state index contributed by atoms with van der Waals surface area (Å²) in [6.45, 7) is 4.00. The van der Waals surface area contributed by atoms with Crippen molar-refractivity contribution in [3.8, 4) is 11.5 Å². The Hall–Kier alpha value is -2.78. The van der Waals surface area contributed by atoms with Crippen LogP contribution in [0.25, 0.3) is 11.5 Å². The molecule has 0 amide bonds. The van der Waals surface area contributed by atoms with E-state index in [4.69, 9.17) is 4.42 Å². The standard InChI is InChI=1S/C19H16FN5OS2/c1-11-4-3-5-15(10-11)21-18-24-25-19(28-18)27-12(2)16-22-23-17(26-16)13-6-8-14(20)9-7-13/h3-10,12H,1-2H3,(H,21,24)/t12-/m0/s1. The molecule has 0 spiro atoms. The highest BCUT2D eigenvalue weighted by Crippen LogP contribution is 2.38. The van der Waals surface area contributed by atoms with Gasteiger partial charge in [0.2, 0.25) is 16.9 Å². The first-order valence-corrected chi connectivity index (χ1v) is 10.2. The van der Waals surface area contributed by atoms with Crippen LogP contribution in [0, 0.1) is 12.7 Å². The molecular formula is C19H16FN5OS2. The molecule has 2 heterocycles. The van der Waals surface area contributed by atoms with Crippen molar-refractivity contribution in [1.29, 1.82) is 0 Å². The van der Waals surface area contributed by atoms with Gasteiger partial charge in [0, 0.05) is 11.3 Å². The van der Waals surface area contributed by atoms with E-state index in [1.54, 1.807) is 12.1 Å². The van der Waals surface area contributed by atoms with Gasteiger partial charge in [0.05, 0.1) is 5.25 Å². The lowest BCUT2D eigenvalue weighted by Crippen LogP contribution is -1.89. The van der Waals surface area contributed by atoms with Gasteiger partial charge in [-0.25, -0.2) is 4.39 Å². The highest BCUT2D eigenvalue weighted by Gasteiger charge is 2.18. The summed E-state index contributed by atoms with van der Waals surface area (Å²) in [6, 6.07) is 14.0. The van der Waals surface area contributed by atoms with Crippen LogP contribution in [-0.2, 0) is 0 Å². The van der Waals surface area contributed by atoms with Crippen LogP contribution >= 0.6 is 23.1 Å². The third-order valence-corrected chi connectivity index (χ3v) is 5.84. The summed E-state index contributed by atoms with van der Waals surface area (Å²) in [7, 11) is 0. The number of nitrogens with one attached hydrogen (secondary N) is 1. The average molecular weight is 414 g/mol. The first-order valence-electron chi connectivity index (χ1n) is 8.50. The molecule has 0 fully saturated rings. The summed E-state index contributed by atoms with van der Waals surface area (Å²) < 4.78 is 19.6. The predicted octanol–water partition coefficient (Wildman–Crippen LogP) is 5.63. The number of halogens is 1. The minimum atomic E-state index is -0.307. The van der Waals surface area contributed by atoms with E-state index in [-0.39, 0.29) is 11.1 Å².